The molecule has 4 rings (SSSR count). The summed E-state index contributed by atoms with van der Waals surface area (Å²) in [5, 5.41) is 6.82. The van der Waals surface area contributed by atoms with Gasteiger partial charge in [-0.05, 0) is 66.6 Å². The number of anilines is 1. The second-order valence-corrected chi connectivity index (χ2v) is 9.02. The SMILES string of the molecule is CCOc1cc(C(=O)N/N=C/c2ccc(OCC(=O)Nc3ccccc3OC)c(OC)c2)ccc1OCc1ccccc1. The van der Waals surface area contributed by atoms with Crippen LogP contribution in [0.25, 0.3) is 0 Å². The van der Waals surface area contributed by atoms with E-state index in [1.165, 1.54) is 20.4 Å². The lowest BCUT2D eigenvalue weighted by Gasteiger charge is -2.13. The van der Waals surface area contributed by atoms with Crippen LogP contribution in [0, 0.1) is 0 Å². The lowest BCUT2D eigenvalue weighted by Crippen LogP contribution is -2.20. The molecule has 0 fully saturated rings. The number of hydrazone groups is 1. The van der Waals surface area contributed by atoms with Crippen LogP contribution in [0.2, 0.25) is 0 Å². The number of ether oxygens (including phenoxy) is 5. The molecule has 10 nitrogen and oxygen atoms in total. The Labute approximate surface area is 250 Å². The Morgan fingerprint density at radius 2 is 1.47 bits per heavy atom. The van der Waals surface area contributed by atoms with Gasteiger partial charge in [-0.15, -0.1) is 0 Å². The predicted molar refractivity (Wildman–Crippen MR) is 164 cm³/mol. The lowest BCUT2D eigenvalue weighted by molar-refractivity contribution is -0.118. The largest absolute Gasteiger partial charge is 0.495 e. The molecule has 0 aromatic heterocycles. The van der Waals surface area contributed by atoms with Crippen molar-refractivity contribution in [3.05, 3.63) is 108 Å². The maximum atomic E-state index is 12.8. The van der Waals surface area contributed by atoms with Crippen molar-refractivity contribution in [3.8, 4) is 28.7 Å². The summed E-state index contributed by atoms with van der Waals surface area (Å²) >= 11 is 0. The van der Waals surface area contributed by atoms with Crippen molar-refractivity contribution < 1.29 is 33.3 Å². The Bertz CT molecular complexity index is 1560. The van der Waals surface area contributed by atoms with Crippen molar-refractivity contribution in [2.24, 2.45) is 5.10 Å². The fourth-order valence-corrected chi connectivity index (χ4v) is 3.96. The molecule has 10 heteroatoms. The summed E-state index contributed by atoms with van der Waals surface area (Å²) in [5.41, 5.74) is 5.08. The van der Waals surface area contributed by atoms with Crippen LogP contribution in [0.4, 0.5) is 5.69 Å². The topological polar surface area (TPSA) is 117 Å². The average Bonchev–Trinajstić information content (AvgIpc) is 3.04. The Balaban J connectivity index is 1.33. The van der Waals surface area contributed by atoms with Gasteiger partial charge in [0.1, 0.15) is 12.4 Å². The molecule has 2 amide bonds. The smallest absolute Gasteiger partial charge is 0.271 e. The van der Waals surface area contributed by atoms with Crippen molar-refractivity contribution in [1.82, 2.24) is 5.43 Å². The van der Waals surface area contributed by atoms with Crippen molar-refractivity contribution in [3.63, 3.8) is 0 Å². The average molecular weight is 584 g/mol. The Hall–Kier alpha value is -5.51. The number of benzene rings is 4. The van der Waals surface area contributed by atoms with Gasteiger partial charge in [0.2, 0.25) is 0 Å². The van der Waals surface area contributed by atoms with Crippen molar-refractivity contribution in [1.29, 1.82) is 0 Å². The van der Waals surface area contributed by atoms with E-state index in [9.17, 15) is 9.59 Å². The highest BCUT2D eigenvalue weighted by Crippen LogP contribution is 2.30. The van der Waals surface area contributed by atoms with Crippen LogP contribution >= 0.6 is 0 Å². The van der Waals surface area contributed by atoms with Gasteiger partial charge in [0.25, 0.3) is 11.8 Å². The maximum absolute atomic E-state index is 12.8. The van der Waals surface area contributed by atoms with E-state index in [1.54, 1.807) is 54.6 Å². The zero-order chi connectivity index (χ0) is 30.4. The van der Waals surface area contributed by atoms with Gasteiger partial charge in [-0.25, -0.2) is 5.43 Å². The van der Waals surface area contributed by atoms with Gasteiger partial charge in [0.15, 0.2) is 29.6 Å². The Kier molecular flexibility index (Phi) is 11.0. The number of carbonyl (C=O) groups excluding carboxylic acids is 2. The predicted octanol–water partition coefficient (Wildman–Crippen LogP) is 5.46. The van der Waals surface area contributed by atoms with Crippen molar-refractivity contribution >= 4 is 23.7 Å². The normalized spacial score (nSPS) is 10.6. The third kappa shape index (κ3) is 8.74. The van der Waals surface area contributed by atoms with E-state index in [1.807, 2.05) is 43.3 Å². The fraction of sp³-hybridized carbons (Fsp3) is 0.182. The van der Waals surface area contributed by atoms with E-state index in [0.29, 0.717) is 58.8 Å². The van der Waals surface area contributed by atoms with Crippen molar-refractivity contribution in [2.75, 3.05) is 32.8 Å². The van der Waals surface area contributed by atoms with Crippen LogP contribution < -0.4 is 34.4 Å². The minimum Gasteiger partial charge on any atom is -0.495 e. The summed E-state index contributed by atoms with van der Waals surface area (Å²) in [4.78, 5) is 25.2. The maximum Gasteiger partial charge on any atom is 0.271 e. The Morgan fingerprint density at radius 1 is 0.744 bits per heavy atom. The van der Waals surface area contributed by atoms with Gasteiger partial charge in [-0.3, -0.25) is 9.59 Å². The summed E-state index contributed by atoms with van der Waals surface area (Å²) in [6.07, 6.45) is 1.47. The number of hydrogen-bond acceptors (Lipinski definition) is 8. The van der Waals surface area contributed by atoms with E-state index in [4.69, 9.17) is 23.7 Å². The van der Waals surface area contributed by atoms with Crippen molar-refractivity contribution in [2.45, 2.75) is 13.5 Å². The first-order valence-electron chi connectivity index (χ1n) is 13.5. The first-order valence-corrected chi connectivity index (χ1v) is 13.5. The molecule has 0 unspecified atom stereocenters. The van der Waals surface area contributed by atoms with Gasteiger partial charge in [0, 0.05) is 5.56 Å². The van der Waals surface area contributed by atoms with E-state index in [-0.39, 0.29) is 12.5 Å². The number of nitrogens with one attached hydrogen (secondary N) is 2. The summed E-state index contributed by atoms with van der Waals surface area (Å²) in [5.74, 6) is 1.54. The van der Waals surface area contributed by atoms with E-state index in [2.05, 4.69) is 15.8 Å². The number of nitrogens with zero attached hydrogens (tertiary/aromatic N) is 1. The summed E-state index contributed by atoms with van der Waals surface area (Å²) in [7, 11) is 3.02. The molecule has 0 saturated heterocycles. The summed E-state index contributed by atoms with van der Waals surface area (Å²) < 4.78 is 27.9. The first kappa shape index (κ1) is 30.4. The van der Waals surface area contributed by atoms with Gasteiger partial charge in [0.05, 0.1) is 32.7 Å². The summed E-state index contributed by atoms with van der Waals surface area (Å²) in [6.45, 7) is 2.41. The minimum atomic E-state index is -0.417. The third-order valence-corrected chi connectivity index (χ3v) is 6.05. The van der Waals surface area contributed by atoms with Gasteiger partial charge >= 0.3 is 0 Å². The molecule has 43 heavy (non-hydrogen) atoms. The standard InChI is InChI=1S/C33H33N3O7/c1-4-41-31-19-25(15-17-29(31)42-21-23-10-6-5-7-11-23)33(38)36-34-20-24-14-16-28(30(18-24)40-3)43-22-32(37)35-26-12-8-9-13-27(26)39-2/h5-20H,4,21-22H2,1-3H3,(H,35,37)(H,36,38)/b34-20+. The molecule has 0 atom stereocenters. The molecule has 2 N–H and O–H groups in total. The minimum absolute atomic E-state index is 0.238. The van der Waals surface area contributed by atoms with Gasteiger partial charge in [-0.1, -0.05) is 42.5 Å². The highest BCUT2D eigenvalue weighted by Gasteiger charge is 2.13. The second-order valence-electron chi connectivity index (χ2n) is 9.02. The number of carbonyl (C=O) groups is 2. The Morgan fingerprint density at radius 3 is 2.23 bits per heavy atom. The number of amides is 2. The highest BCUT2D eigenvalue weighted by atomic mass is 16.5. The number of para-hydroxylation sites is 2. The second kappa shape index (κ2) is 15.5. The van der Waals surface area contributed by atoms with Crippen LogP contribution in [-0.4, -0.2) is 45.5 Å². The van der Waals surface area contributed by atoms with E-state index >= 15 is 0 Å². The molecule has 4 aromatic carbocycles. The molecular formula is C33H33N3O7. The van der Waals surface area contributed by atoms with Crippen LogP contribution in [0.1, 0.15) is 28.4 Å². The number of rotatable bonds is 14. The molecule has 0 radical (unpaired) electrons. The fourth-order valence-electron chi connectivity index (χ4n) is 3.96. The van der Waals surface area contributed by atoms with E-state index in [0.717, 1.165) is 5.56 Å². The van der Waals surface area contributed by atoms with E-state index < -0.39 is 5.91 Å². The highest BCUT2D eigenvalue weighted by molar-refractivity contribution is 5.95. The molecule has 0 aliphatic rings. The van der Waals surface area contributed by atoms with Crippen LogP contribution in [0.5, 0.6) is 28.7 Å². The number of hydrogen-bond donors (Lipinski definition) is 2. The lowest BCUT2D eigenvalue weighted by atomic mass is 10.2. The molecule has 0 spiro atoms. The summed E-state index contributed by atoms with van der Waals surface area (Å²) in [6, 6.07) is 26.9. The van der Waals surface area contributed by atoms with Gasteiger partial charge in [-0.2, -0.15) is 5.10 Å². The molecule has 0 bridgehead atoms. The molecule has 0 saturated carbocycles. The zero-order valence-electron chi connectivity index (χ0n) is 24.2. The molecule has 0 heterocycles. The molecular weight excluding hydrogens is 550 g/mol. The van der Waals surface area contributed by atoms with Crippen LogP contribution in [0.3, 0.4) is 0 Å². The van der Waals surface area contributed by atoms with Crippen LogP contribution in [-0.2, 0) is 11.4 Å². The molecule has 0 aliphatic heterocycles. The van der Waals surface area contributed by atoms with Gasteiger partial charge < -0.3 is 29.0 Å². The zero-order valence-corrected chi connectivity index (χ0v) is 24.2. The van der Waals surface area contributed by atoms with Crippen LogP contribution in [0.15, 0.2) is 96.1 Å². The molecule has 222 valence electrons. The quantitative estimate of drug-likeness (QED) is 0.150. The molecule has 0 aliphatic carbocycles. The monoisotopic (exact) mass is 583 g/mol. The molecule has 4 aromatic rings. The third-order valence-electron chi connectivity index (χ3n) is 6.05. The first-order chi connectivity index (χ1) is 21.0. The number of methoxy groups -OCH3 is 2.